The molecule has 2 amide bonds. The maximum absolute atomic E-state index is 11.9. The van der Waals surface area contributed by atoms with E-state index in [4.69, 9.17) is 11.6 Å². The lowest BCUT2D eigenvalue weighted by atomic mass is 10.1. The molecule has 0 bridgehead atoms. The van der Waals surface area contributed by atoms with Gasteiger partial charge in [0, 0.05) is 23.3 Å². The lowest BCUT2D eigenvalue weighted by molar-refractivity contribution is -0.116. The summed E-state index contributed by atoms with van der Waals surface area (Å²) in [5.41, 5.74) is 2.27. The van der Waals surface area contributed by atoms with Crippen molar-refractivity contribution in [3.8, 4) is 0 Å². The zero-order chi connectivity index (χ0) is 15.2. The molecule has 108 valence electrons. The molecule has 4 nitrogen and oxygen atoms in total. The zero-order valence-corrected chi connectivity index (χ0v) is 12.3. The Labute approximate surface area is 128 Å². The number of hydrogen-bond donors (Lipinski definition) is 2. The fraction of sp³-hybridized carbons (Fsp3) is 0.125. The van der Waals surface area contributed by atoms with Crippen LogP contribution in [0.5, 0.6) is 0 Å². The minimum atomic E-state index is -0.130. The molecule has 2 aromatic carbocycles. The second-order valence-corrected chi connectivity index (χ2v) is 5.05. The predicted octanol–water partition coefficient (Wildman–Crippen LogP) is 3.48. The number of carbonyl (C=O) groups is 2. The molecule has 5 heteroatoms. The molecule has 0 atom stereocenters. The Morgan fingerprint density at radius 3 is 1.95 bits per heavy atom. The zero-order valence-electron chi connectivity index (χ0n) is 11.5. The topological polar surface area (TPSA) is 58.2 Å². The highest BCUT2D eigenvalue weighted by Crippen LogP contribution is 2.14. The highest BCUT2D eigenvalue weighted by Gasteiger charge is 2.04. The number of carbonyl (C=O) groups excluding carboxylic acids is 2. The van der Waals surface area contributed by atoms with Crippen LogP contribution in [0.15, 0.2) is 48.5 Å². The van der Waals surface area contributed by atoms with Gasteiger partial charge >= 0.3 is 0 Å². The minimum Gasteiger partial charge on any atom is -0.326 e. The summed E-state index contributed by atoms with van der Waals surface area (Å²) >= 11 is 5.80. The number of benzene rings is 2. The quantitative estimate of drug-likeness (QED) is 0.908. The normalized spacial score (nSPS) is 10.0. The third-order valence-electron chi connectivity index (χ3n) is 2.77. The van der Waals surface area contributed by atoms with Gasteiger partial charge in [-0.05, 0) is 42.0 Å². The molecule has 2 aromatic rings. The molecule has 0 fully saturated rings. The Kier molecular flexibility index (Phi) is 4.95. The van der Waals surface area contributed by atoms with E-state index < -0.39 is 0 Å². The van der Waals surface area contributed by atoms with Gasteiger partial charge in [-0.3, -0.25) is 9.59 Å². The van der Waals surface area contributed by atoms with Crippen LogP contribution in [0.1, 0.15) is 12.5 Å². The largest absolute Gasteiger partial charge is 0.326 e. The number of hydrogen-bond acceptors (Lipinski definition) is 2. The fourth-order valence-electron chi connectivity index (χ4n) is 1.83. The number of nitrogens with one attached hydrogen (secondary N) is 2. The monoisotopic (exact) mass is 302 g/mol. The molecule has 0 saturated heterocycles. The maximum atomic E-state index is 11.9. The first-order valence-electron chi connectivity index (χ1n) is 6.45. The highest BCUT2D eigenvalue weighted by atomic mass is 35.5. The van der Waals surface area contributed by atoms with E-state index in [-0.39, 0.29) is 18.2 Å². The Hall–Kier alpha value is -2.33. The van der Waals surface area contributed by atoms with Crippen LogP contribution >= 0.6 is 11.6 Å². The number of amides is 2. The summed E-state index contributed by atoms with van der Waals surface area (Å²) in [7, 11) is 0. The van der Waals surface area contributed by atoms with Crippen LogP contribution in [-0.2, 0) is 16.0 Å². The summed E-state index contributed by atoms with van der Waals surface area (Å²) in [5.74, 6) is -0.237. The Morgan fingerprint density at radius 2 is 1.43 bits per heavy atom. The number of anilines is 2. The van der Waals surface area contributed by atoms with Crippen molar-refractivity contribution < 1.29 is 9.59 Å². The standard InChI is InChI=1S/C16H15ClN2O2/c1-11(20)18-14-6-8-15(9-7-14)19-16(21)10-12-2-4-13(17)5-3-12/h2-9H,10H2,1H3,(H,18,20)(H,19,21). The van der Waals surface area contributed by atoms with Gasteiger partial charge in [0.05, 0.1) is 6.42 Å². The summed E-state index contributed by atoms with van der Waals surface area (Å²) < 4.78 is 0. The molecule has 0 aromatic heterocycles. The fourth-order valence-corrected chi connectivity index (χ4v) is 1.96. The van der Waals surface area contributed by atoms with Gasteiger partial charge in [0.15, 0.2) is 0 Å². The van der Waals surface area contributed by atoms with Crippen LogP contribution in [0, 0.1) is 0 Å². The van der Waals surface area contributed by atoms with Gasteiger partial charge in [-0.2, -0.15) is 0 Å². The van der Waals surface area contributed by atoms with Crippen molar-refractivity contribution in [1.29, 1.82) is 0 Å². The van der Waals surface area contributed by atoms with Crippen molar-refractivity contribution >= 4 is 34.8 Å². The molecule has 0 aliphatic carbocycles. The SMILES string of the molecule is CC(=O)Nc1ccc(NC(=O)Cc2ccc(Cl)cc2)cc1. The molecular weight excluding hydrogens is 288 g/mol. The molecule has 0 aliphatic rings. The van der Waals surface area contributed by atoms with Crippen molar-refractivity contribution in [3.63, 3.8) is 0 Å². The number of halogens is 1. The summed E-state index contributed by atoms with van der Waals surface area (Å²) in [6.07, 6.45) is 0.282. The van der Waals surface area contributed by atoms with Gasteiger partial charge in [0.25, 0.3) is 0 Å². The molecule has 0 spiro atoms. The van der Waals surface area contributed by atoms with Crippen LogP contribution in [0.4, 0.5) is 11.4 Å². The summed E-state index contributed by atoms with van der Waals surface area (Å²) in [4.78, 5) is 22.8. The maximum Gasteiger partial charge on any atom is 0.228 e. The van der Waals surface area contributed by atoms with Crippen LogP contribution in [0.2, 0.25) is 5.02 Å². The molecule has 0 heterocycles. The van der Waals surface area contributed by atoms with Crippen molar-refractivity contribution in [2.45, 2.75) is 13.3 Å². The van der Waals surface area contributed by atoms with E-state index in [2.05, 4.69) is 10.6 Å². The molecule has 21 heavy (non-hydrogen) atoms. The van der Waals surface area contributed by atoms with Gasteiger partial charge in [-0.15, -0.1) is 0 Å². The molecule has 2 rings (SSSR count). The average molecular weight is 303 g/mol. The van der Waals surface area contributed by atoms with Crippen molar-refractivity contribution in [2.75, 3.05) is 10.6 Å². The number of rotatable bonds is 4. The van der Waals surface area contributed by atoms with E-state index in [1.54, 1.807) is 36.4 Å². The highest BCUT2D eigenvalue weighted by molar-refractivity contribution is 6.30. The summed E-state index contributed by atoms with van der Waals surface area (Å²) in [6.45, 7) is 1.45. The van der Waals surface area contributed by atoms with E-state index in [0.29, 0.717) is 16.4 Å². The lowest BCUT2D eigenvalue weighted by Gasteiger charge is -2.07. The van der Waals surface area contributed by atoms with Crippen molar-refractivity contribution in [2.24, 2.45) is 0 Å². The minimum absolute atomic E-state index is 0.107. The second kappa shape index (κ2) is 6.90. The van der Waals surface area contributed by atoms with Gasteiger partial charge < -0.3 is 10.6 Å². The summed E-state index contributed by atoms with van der Waals surface area (Å²) in [5, 5.41) is 6.11. The summed E-state index contributed by atoms with van der Waals surface area (Å²) in [6, 6.07) is 14.1. The van der Waals surface area contributed by atoms with Crippen LogP contribution in [0.3, 0.4) is 0 Å². The first-order chi connectivity index (χ1) is 10.0. The predicted molar refractivity (Wildman–Crippen MR) is 84.5 cm³/mol. The van der Waals surface area contributed by atoms with Gasteiger partial charge in [0.1, 0.15) is 0 Å². The van der Waals surface area contributed by atoms with Crippen LogP contribution in [-0.4, -0.2) is 11.8 Å². The molecule has 2 N–H and O–H groups in total. The van der Waals surface area contributed by atoms with Gasteiger partial charge in [-0.1, -0.05) is 23.7 Å². The van der Waals surface area contributed by atoms with E-state index in [1.165, 1.54) is 6.92 Å². The van der Waals surface area contributed by atoms with Crippen LogP contribution < -0.4 is 10.6 Å². The molecule has 0 aliphatic heterocycles. The molecule has 0 saturated carbocycles. The first kappa shape index (κ1) is 15.1. The van der Waals surface area contributed by atoms with E-state index >= 15 is 0 Å². The third kappa shape index (κ3) is 4.93. The molecule has 0 radical (unpaired) electrons. The van der Waals surface area contributed by atoms with Gasteiger partial charge in [-0.25, -0.2) is 0 Å². The van der Waals surface area contributed by atoms with E-state index in [1.807, 2.05) is 12.1 Å². The average Bonchev–Trinajstić information content (AvgIpc) is 2.43. The molecule has 0 unspecified atom stereocenters. The lowest BCUT2D eigenvalue weighted by Crippen LogP contribution is -2.14. The first-order valence-corrected chi connectivity index (χ1v) is 6.83. The van der Waals surface area contributed by atoms with Crippen molar-refractivity contribution in [1.82, 2.24) is 0 Å². The van der Waals surface area contributed by atoms with Crippen molar-refractivity contribution in [3.05, 3.63) is 59.1 Å². The Balaban J connectivity index is 1.93. The molecular formula is C16H15ClN2O2. The smallest absolute Gasteiger partial charge is 0.228 e. The third-order valence-corrected chi connectivity index (χ3v) is 3.02. The van der Waals surface area contributed by atoms with Gasteiger partial charge in [0.2, 0.25) is 11.8 Å². The van der Waals surface area contributed by atoms with Crippen LogP contribution in [0.25, 0.3) is 0 Å². The Morgan fingerprint density at radius 1 is 0.905 bits per heavy atom. The second-order valence-electron chi connectivity index (χ2n) is 4.61. The van der Waals surface area contributed by atoms with E-state index in [9.17, 15) is 9.59 Å². The Bertz CT molecular complexity index is 636. The van der Waals surface area contributed by atoms with E-state index in [0.717, 1.165) is 5.56 Å².